The summed E-state index contributed by atoms with van der Waals surface area (Å²) in [6.07, 6.45) is -0.464. The van der Waals surface area contributed by atoms with Gasteiger partial charge in [-0.25, -0.2) is 0 Å². The normalized spacial score (nSPS) is 30.5. The van der Waals surface area contributed by atoms with E-state index in [0.29, 0.717) is 0 Å². The molecule has 0 aliphatic heterocycles. The molecule has 0 amide bonds. The van der Waals surface area contributed by atoms with Gasteiger partial charge in [0, 0.05) is 17.4 Å². The highest BCUT2D eigenvalue weighted by Gasteiger charge is 2.48. The van der Waals surface area contributed by atoms with Crippen LogP contribution in [0.2, 0.25) is 0 Å². The van der Waals surface area contributed by atoms with Crippen molar-refractivity contribution < 1.29 is 41.3 Å². The lowest BCUT2D eigenvalue weighted by Gasteiger charge is -2.33. The van der Waals surface area contributed by atoms with E-state index in [1.807, 2.05) is 0 Å². The van der Waals surface area contributed by atoms with Gasteiger partial charge in [-0.15, -0.1) is 4.89 Å². The highest BCUT2D eigenvalue weighted by Crippen LogP contribution is 2.46. The molecule has 0 aromatic heterocycles. The second kappa shape index (κ2) is 6.13. The first kappa shape index (κ1) is 16.3. The molecule has 0 aromatic carbocycles. The molecule has 0 saturated heterocycles. The van der Waals surface area contributed by atoms with E-state index in [9.17, 15) is 13.0 Å². The van der Waals surface area contributed by atoms with Crippen molar-refractivity contribution in [1.82, 2.24) is 0 Å². The zero-order valence-electron chi connectivity index (χ0n) is 9.04. The van der Waals surface area contributed by atoms with Crippen LogP contribution in [0.5, 0.6) is 0 Å². The van der Waals surface area contributed by atoms with Crippen LogP contribution in [0.4, 0.5) is 0 Å². The summed E-state index contributed by atoms with van der Waals surface area (Å²) in [5, 5.41) is -1.02. The van der Waals surface area contributed by atoms with Gasteiger partial charge in [0.05, 0.1) is 5.25 Å². The Bertz CT molecular complexity index is 399. The van der Waals surface area contributed by atoms with Crippen LogP contribution in [0.3, 0.4) is 0 Å². The molecule has 0 spiro atoms. The van der Waals surface area contributed by atoms with E-state index in [2.05, 4.69) is 9.05 Å². The van der Waals surface area contributed by atoms with Crippen LogP contribution in [0.25, 0.3) is 0 Å². The average molecular weight is 323 g/mol. The first-order valence-electron chi connectivity index (χ1n) is 4.83. The average Bonchev–Trinajstić information content (AvgIpc) is 2.13. The molecule has 1 unspecified atom stereocenters. The zero-order valence-corrected chi connectivity index (χ0v) is 11.6. The quantitative estimate of drug-likeness (QED) is 0.320. The fourth-order valence-corrected chi connectivity index (χ4v) is 3.73. The molecule has 1 aliphatic carbocycles. The summed E-state index contributed by atoms with van der Waals surface area (Å²) >= 11 is 0. The Labute approximate surface area is 105 Å². The van der Waals surface area contributed by atoms with E-state index in [1.54, 1.807) is 0 Å². The summed E-state index contributed by atoms with van der Waals surface area (Å²) in [6.45, 7) is 0. The van der Waals surface area contributed by atoms with Crippen molar-refractivity contribution >= 4 is 27.0 Å². The van der Waals surface area contributed by atoms with E-state index in [4.69, 9.17) is 19.2 Å². The van der Waals surface area contributed by atoms with Gasteiger partial charge < -0.3 is 9.79 Å². The van der Waals surface area contributed by atoms with E-state index in [0.717, 1.165) is 0 Å². The molecule has 9 nitrogen and oxygen atoms in total. The predicted molar refractivity (Wildman–Crippen MR) is 59.9 cm³/mol. The summed E-state index contributed by atoms with van der Waals surface area (Å²) < 4.78 is 50.6. The van der Waals surface area contributed by atoms with E-state index in [1.165, 1.54) is 0 Å². The lowest BCUT2D eigenvalue weighted by atomic mass is 9.94. The lowest BCUT2D eigenvalue weighted by molar-refractivity contribution is -0.141. The van der Waals surface area contributed by atoms with E-state index in [-0.39, 0.29) is 25.7 Å². The second-order valence-corrected chi connectivity index (χ2v) is 6.84. The first-order valence-corrected chi connectivity index (χ1v) is 8.63. The van der Waals surface area contributed by atoms with E-state index < -0.39 is 38.0 Å². The van der Waals surface area contributed by atoms with Crippen LogP contribution in [0.15, 0.2) is 0 Å². The third-order valence-corrected chi connectivity index (χ3v) is 4.91. The summed E-state index contributed by atoms with van der Waals surface area (Å²) in [5.41, 5.74) is 0. The second-order valence-electron chi connectivity index (χ2n) is 3.80. The highest BCUT2D eigenvalue weighted by molar-refractivity contribution is 7.86. The van der Waals surface area contributed by atoms with Crippen molar-refractivity contribution in [2.24, 2.45) is 0 Å². The standard InChI is InChI=1S/C6H12O9P2S/c7-16(8)14-6(15-17(9)10)3-1-5(2-4-6)18(11,12)13/h5,7-8H,1-4H2,(H-,9,10,11,12,13)/p+1. The largest absolute Gasteiger partial charge is 0.697 e. The molecule has 0 bridgehead atoms. The minimum absolute atomic E-state index is 0.0782. The molecule has 1 fully saturated rings. The maximum atomic E-state index is 10.9. The van der Waals surface area contributed by atoms with Gasteiger partial charge in [-0.1, -0.05) is 4.52 Å². The molecule has 18 heavy (non-hydrogen) atoms. The van der Waals surface area contributed by atoms with Crippen LogP contribution >= 0.6 is 16.9 Å². The molecule has 12 heteroatoms. The molecule has 0 radical (unpaired) electrons. The SMILES string of the molecule is O=[P+](O)OC1(OP(O)O)CCC(S(=O)(=O)O)CC1. The van der Waals surface area contributed by atoms with Gasteiger partial charge in [-0.2, -0.15) is 8.42 Å². The fourth-order valence-electron chi connectivity index (χ4n) is 1.82. The van der Waals surface area contributed by atoms with Gasteiger partial charge in [-0.05, 0) is 12.8 Å². The molecule has 0 aromatic rings. The molecule has 1 rings (SSSR count). The topological polar surface area (TPSA) is 151 Å². The molecular formula is C6H13O9P2S+. The molecule has 106 valence electrons. The Hall–Kier alpha value is 0.240. The van der Waals surface area contributed by atoms with Crippen molar-refractivity contribution in [1.29, 1.82) is 0 Å². The Morgan fingerprint density at radius 3 is 2.11 bits per heavy atom. The summed E-state index contributed by atoms with van der Waals surface area (Å²) in [4.78, 5) is 26.3. The van der Waals surface area contributed by atoms with Gasteiger partial charge in [0.2, 0.25) is 5.79 Å². The maximum Gasteiger partial charge on any atom is 0.697 e. The molecule has 0 heterocycles. The molecule has 1 aliphatic rings. The lowest BCUT2D eigenvalue weighted by Crippen LogP contribution is -2.40. The Balaban J connectivity index is 2.76. The minimum Gasteiger partial charge on any atom is -0.328 e. The van der Waals surface area contributed by atoms with Gasteiger partial charge in [0.15, 0.2) is 0 Å². The number of hydrogen-bond acceptors (Lipinski definition) is 7. The Morgan fingerprint density at radius 2 is 1.78 bits per heavy atom. The van der Waals surface area contributed by atoms with Crippen LogP contribution in [-0.2, 0) is 23.7 Å². The van der Waals surface area contributed by atoms with Crippen LogP contribution in [-0.4, -0.2) is 38.7 Å². The predicted octanol–water partition coefficient (Wildman–Crippen LogP) is 0.407. The summed E-state index contributed by atoms with van der Waals surface area (Å²) in [5.74, 6) is -1.71. The Morgan fingerprint density at radius 1 is 1.28 bits per heavy atom. The zero-order chi connectivity index (χ0) is 14.0. The molecule has 1 saturated carbocycles. The highest BCUT2D eigenvalue weighted by atomic mass is 32.2. The van der Waals surface area contributed by atoms with Crippen molar-refractivity contribution in [3.05, 3.63) is 0 Å². The third kappa shape index (κ3) is 4.73. The van der Waals surface area contributed by atoms with Crippen molar-refractivity contribution in [2.75, 3.05) is 0 Å². The van der Waals surface area contributed by atoms with Gasteiger partial charge in [0.1, 0.15) is 0 Å². The smallest absolute Gasteiger partial charge is 0.328 e. The number of rotatable bonds is 5. The maximum absolute atomic E-state index is 10.9. The summed E-state index contributed by atoms with van der Waals surface area (Å²) in [7, 11) is -10.1. The Kier molecular flexibility index (Phi) is 5.55. The minimum atomic E-state index is -4.20. The van der Waals surface area contributed by atoms with Crippen molar-refractivity contribution in [3.8, 4) is 0 Å². The van der Waals surface area contributed by atoms with Crippen LogP contribution in [0, 0.1) is 0 Å². The van der Waals surface area contributed by atoms with Crippen LogP contribution in [0.1, 0.15) is 25.7 Å². The van der Waals surface area contributed by atoms with Gasteiger partial charge in [0.25, 0.3) is 10.1 Å². The molecule has 1 atom stereocenters. The first-order chi connectivity index (χ1) is 8.15. The van der Waals surface area contributed by atoms with Gasteiger partial charge in [-0.3, -0.25) is 9.08 Å². The summed E-state index contributed by atoms with van der Waals surface area (Å²) in [6, 6.07) is 0. The molecule has 4 N–H and O–H groups in total. The van der Waals surface area contributed by atoms with Crippen LogP contribution < -0.4 is 0 Å². The third-order valence-electron chi connectivity index (χ3n) is 2.61. The fraction of sp³-hybridized carbons (Fsp3) is 1.00. The van der Waals surface area contributed by atoms with Crippen molar-refractivity contribution in [3.63, 3.8) is 0 Å². The van der Waals surface area contributed by atoms with E-state index >= 15 is 0 Å². The molecular weight excluding hydrogens is 310 g/mol. The van der Waals surface area contributed by atoms with Crippen molar-refractivity contribution in [2.45, 2.75) is 36.7 Å². The van der Waals surface area contributed by atoms with Gasteiger partial charge >= 0.3 is 16.9 Å². The number of hydrogen-bond donors (Lipinski definition) is 4. The monoisotopic (exact) mass is 323 g/mol.